The van der Waals surface area contributed by atoms with Gasteiger partial charge in [-0.25, -0.2) is 4.98 Å². The number of thiophene rings is 1. The molecule has 34 heavy (non-hydrogen) atoms. The summed E-state index contributed by atoms with van der Waals surface area (Å²) in [6, 6.07) is 13.2. The predicted octanol–water partition coefficient (Wildman–Crippen LogP) is 5.85. The van der Waals surface area contributed by atoms with Gasteiger partial charge >= 0.3 is 0 Å². The summed E-state index contributed by atoms with van der Waals surface area (Å²) in [6.07, 6.45) is 6.99. The molecular formula is C26H32N6OS. The van der Waals surface area contributed by atoms with Gasteiger partial charge in [0.15, 0.2) is 17.0 Å². The molecule has 3 heterocycles. The molecule has 0 aliphatic heterocycles. The number of benzene rings is 1. The second-order valence-corrected chi connectivity index (χ2v) is 10.0. The first-order valence-electron chi connectivity index (χ1n) is 12.2. The van der Waals surface area contributed by atoms with Gasteiger partial charge < -0.3 is 20.3 Å². The first kappa shape index (κ1) is 22.8. The molecule has 5 rings (SSSR count). The maximum absolute atomic E-state index is 10.1. The Morgan fingerprint density at radius 2 is 1.94 bits per heavy atom. The van der Waals surface area contributed by atoms with E-state index in [9.17, 15) is 5.11 Å². The van der Waals surface area contributed by atoms with Crippen LogP contribution in [0.15, 0.2) is 48.1 Å². The molecule has 4 aromatic rings. The molecule has 3 N–H and O–H groups in total. The summed E-state index contributed by atoms with van der Waals surface area (Å²) in [7, 11) is 0. The number of fused-ring (bicyclic) bond motifs is 1. The number of nitrogens with zero attached hydrogens (tertiary/aromatic N) is 4. The minimum atomic E-state index is -0.498. The van der Waals surface area contributed by atoms with Crippen LogP contribution in [0.3, 0.4) is 0 Å². The minimum absolute atomic E-state index is 0.113. The van der Waals surface area contributed by atoms with Crippen molar-refractivity contribution in [2.75, 3.05) is 10.6 Å². The standard InChI is InChI=1S/C26H32N6OS/c1-3-21(17(2)33)29-26-30-24(23-25(31-26)32(16-28-23)20-7-4-5-8-20)27-15-18-10-12-19(13-11-18)22-9-6-14-34-22/h6,9-14,16-17,20-21,33H,3-5,7-8,15H2,1-2H3,(H2,27,29,30,31)/t17-,21?/m1/s1. The Labute approximate surface area is 204 Å². The number of aliphatic hydroxyl groups excluding tert-OH is 1. The fourth-order valence-corrected chi connectivity index (χ4v) is 5.43. The highest BCUT2D eigenvalue weighted by molar-refractivity contribution is 7.13. The molecular weight excluding hydrogens is 444 g/mol. The lowest BCUT2D eigenvalue weighted by molar-refractivity contribution is 0.169. The van der Waals surface area contributed by atoms with Crippen molar-refractivity contribution in [1.29, 1.82) is 0 Å². The quantitative estimate of drug-likeness (QED) is 0.281. The third kappa shape index (κ3) is 4.79. The molecule has 0 saturated heterocycles. The van der Waals surface area contributed by atoms with Gasteiger partial charge in [-0.05, 0) is 48.8 Å². The van der Waals surface area contributed by atoms with Crippen LogP contribution in [-0.4, -0.2) is 36.8 Å². The summed E-state index contributed by atoms with van der Waals surface area (Å²) >= 11 is 1.75. The van der Waals surface area contributed by atoms with E-state index in [1.807, 2.05) is 13.3 Å². The van der Waals surface area contributed by atoms with Crippen molar-refractivity contribution in [3.8, 4) is 10.4 Å². The fraction of sp³-hybridized carbons (Fsp3) is 0.423. The molecule has 1 unspecified atom stereocenters. The van der Waals surface area contributed by atoms with Crippen LogP contribution in [0.1, 0.15) is 57.6 Å². The molecule has 8 heteroatoms. The summed E-state index contributed by atoms with van der Waals surface area (Å²) in [6.45, 7) is 4.48. The fourth-order valence-electron chi connectivity index (χ4n) is 4.70. The molecule has 0 spiro atoms. The van der Waals surface area contributed by atoms with E-state index in [1.165, 1.54) is 28.8 Å². The smallest absolute Gasteiger partial charge is 0.227 e. The van der Waals surface area contributed by atoms with Gasteiger partial charge in [0.05, 0.1) is 18.5 Å². The van der Waals surface area contributed by atoms with Crippen molar-refractivity contribution < 1.29 is 5.11 Å². The Kier molecular flexibility index (Phi) is 6.78. The van der Waals surface area contributed by atoms with Crippen molar-refractivity contribution in [1.82, 2.24) is 19.5 Å². The van der Waals surface area contributed by atoms with E-state index in [1.54, 1.807) is 18.3 Å². The van der Waals surface area contributed by atoms with Gasteiger partial charge in [0.2, 0.25) is 5.95 Å². The van der Waals surface area contributed by atoms with Crippen molar-refractivity contribution in [2.24, 2.45) is 0 Å². The third-order valence-electron chi connectivity index (χ3n) is 6.70. The van der Waals surface area contributed by atoms with E-state index in [0.29, 0.717) is 24.4 Å². The van der Waals surface area contributed by atoms with Crippen LogP contribution in [0.5, 0.6) is 0 Å². The zero-order valence-corrected chi connectivity index (χ0v) is 20.6. The highest BCUT2D eigenvalue weighted by Gasteiger charge is 2.23. The molecule has 3 aromatic heterocycles. The molecule has 1 aliphatic rings. The van der Waals surface area contributed by atoms with Crippen LogP contribution >= 0.6 is 11.3 Å². The van der Waals surface area contributed by atoms with Gasteiger partial charge in [-0.2, -0.15) is 9.97 Å². The van der Waals surface area contributed by atoms with Crippen molar-refractivity contribution in [3.05, 3.63) is 53.7 Å². The number of anilines is 2. The zero-order valence-electron chi connectivity index (χ0n) is 19.7. The molecule has 2 atom stereocenters. The molecule has 0 bridgehead atoms. The summed E-state index contributed by atoms with van der Waals surface area (Å²) in [5.74, 6) is 1.24. The van der Waals surface area contributed by atoms with Gasteiger partial charge in [-0.1, -0.05) is 50.1 Å². The Morgan fingerprint density at radius 1 is 1.15 bits per heavy atom. The lowest BCUT2D eigenvalue weighted by atomic mass is 10.1. The number of nitrogens with one attached hydrogen (secondary N) is 2. The van der Waals surface area contributed by atoms with Crippen LogP contribution in [0.4, 0.5) is 11.8 Å². The van der Waals surface area contributed by atoms with Crippen molar-refractivity contribution in [2.45, 2.75) is 70.7 Å². The summed E-state index contributed by atoms with van der Waals surface area (Å²) in [5.41, 5.74) is 4.04. The normalized spacial score (nSPS) is 16.1. The van der Waals surface area contributed by atoms with E-state index in [4.69, 9.17) is 15.0 Å². The molecule has 1 aliphatic carbocycles. The number of aliphatic hydroxyl groups is 1. The zero-order chi connectivity index (χ0) is 23.5. The van der Waals surface area contributed by atoms with Crippen molar-refractivity contribution >= 4 is 34.3 Å². The molecule has 1 fully saturated rings. The maximum atomic E-state index is 10.1. The monoisotopic (exact) mass is 476 g/mol. The molecule has 1 aromatic carbocycles. The highest BCUT2D eigenvalue weighted by Crippen LogP contribution is 2.33. The Balaban J connectivity index is 1.42. The number of imidazole rings is 1. The average Bonchev–Trinajstić information content (AvgIpc) is 3.62. The molecule has 1 saturated carbocycles. The summed E-state index contributed by atoms with van der Waals surface area (Å²) in [5, 5.41) is 19.1. The Hall–Kier alpha value is -2.97. The first-order valence-corrected chi connectivity index (χ1v) is 13.1. The second kappa shape index (κ2) is 10.1. The first-order chi connectivity index (χ1) is 16.6. The van der Waals surface area contributed by atoms with E-state index in [2.05, 4.69) is 57.0 Å². The van der Waals surface area contributed by atoms with Gasteiger partial charge in [0, 0.05) is 17.5 Å². The summed E-state index contributed by atoms with van der Waals surface area (Å²) < 4.78 is 2.21. The SMILES string of the molecule is CCC(Nc1nc(NCc2ccc(-c3cccs3)cc2)c2ncn(C3CCCC3)c2n1)[C@@H](C)O. The maximum Gasteiger partial charge on any atom is 0.227 e. The number of rotatable bonds is 9. The van der Waals surface area contributed by atoms with E-state index >= 15 is 0 Å². The predicted molar refractivity (Wildman–Crippen MR) is 139 cm³/mol. The molecule has 0 amide bonds. The van der Waals surface area contributed by atoms with Crippen molar-refractivity contribution in [3.63, 3.8) is 0 Å². The van der Waals surface area contributed by atoms with Gasteiger partial charge in [-0.15, -0.1) is 11.3 Å². The van der Waals surface area contributed by atoms with Gasteiger partial charge in [0.25, 0.3) is 0 Å². The lowest BCUT2D eigenvalue weighted by Gasteiger charge is -2.20. The van der Waals surface area contributed by atoms with E-state index in [0.717, 1.165) is 30.4 Å². The molecule has 178 valence electrons. The van der Waals surface area contributed by atoms with Crippen LogP contribution in [0.2, 0.25) is 0 Å². The number of aromatic nitrogens is 4. The van der Waals surface area contributed by atoms with Crippen LogP contribution in [-0.2, 0) is 6.54 Å². The Bertz CT molecular complexity index is 1210. The number of hydrogen-bond acceptors (Lipinski definition) is 7. The van der Waals surface area contributed by atoms with Crippen LogP contribution in [0, 0.1) is 0 Å². The summed E-state index contributed by atoms with van der Waals surface area (Å²) in [4.78, 5) is 15.6. The van der Waals surface area contributed by atoms with E-state index < -0.39 is 6.10 Å². The Morgan fingerprint density at radius 3 is 2.62 bits per heavy atom. The average molecular weight is 477 g/mol. The molecule has 0 radical (unpaired) electrons. The van der Waals surface area contributed by atoms with Crippen LogP contribution in [0.25, 0.3) is 21.6 Å². The van der Waals surface area contributed by atoms with E-state index in [-0.39, 0.29) is 6.04 Å². The molecule has 7 nitrogen and oxygen atoms in total. The third-order valence-corrected chi connectivity index (χ3v) is 7.61. The highest BCUT2D eigenvalue weighted by atomic mass is 32.1. The van der Waals surface area contributed by atoms with Gasteiger partial charge in [0.1, 0.15) is 0 Å². The van der Waals surface area contributed by atoms with Crippen LogP contribution < -0.4 is 10.6 Å². The topological polar surface area (TPSA) is 87.9 Å². The largest absolute Gasteiger partial charge is 0.391 e. The lowest BCUT2D eigenvalue weighted by Crippen LogP contribution is -2.31. The minimum Gasteiger partial charge on any atom is -0.391 e. The second-order valence-electron chi connectivity index (χ2n) is 9.09. The van der Waals surface area contributed by atoms with Gasteiger partial charge in [-0.3, -0.25) is 0 Å². The number of hydrogen-bond donors (Lipinski definition) is 3.